The largest absolute Gasteiger partial charge is 0.383 e. The number of hydrogen-bond donors (Lipinski definition) is 1. The Morgan fingerprint density at radius 2 is 1.56 bits per heavy atom. The van der Waals surface area contributed by atoms with Crippen molar-refractivity contribution in [1.29, 1.82) is 0 Å². The van der Waals surface area contributed by atoms with E-state index < -0.39 is 0 Å². The summed E-state index contributed by atoms with van der Waals surface area (Å²) >= 11 is 0. The molecule has 7 heteroatoms. The Hall–Kier alpha value is -4.00. The molecule has 0 amide bonds. The fourth-order valence-electron chi connectivity index (χ4n) is 3.12. The molecule has 0 atom stereocenters. The van der Waals surface area contributed by atoms with Crippen LogP contribution in [0.4, 0.5) is 5.82 Å². The van der Waals surface area contributed by atoms with Gasteiger partial charge in [0.2, 0.25) is 0 Å². The number of aromatic nitrogens is 6. The molecule has 130 valence electrons. The monoisotopic (exact) mass is 353 g/mol. The van der Waals surface area contributed by atoms with Gasteiger partial charge in [-0.2, -0.15) is 5.10 Å². The Kier molecular flexibility index (Phi) is 3.43. The van der Waals surface area contributed by atoms with Crippen LogP contribution in [0.5, 0.6) is 0 Å². The molecule has 0 aliphatic rings. The van der Waals surface area contributed by atoms with Crippen LogP contribution >= 0.6 is 0 Å². The molecule has 0 saturated heterocycles. The van der Waals surface area contributed by atoms with E-state index >= 15 is 0 Å². The molecule has 4 heterocycles. The summed E-state index contributed by atoms with van der Waals surface area (Å²) in [6, 6.07) is 17.5. The van der Waals surface area contributed by atoms with Gasteiger partial charge in [-0.25, -0.2) is 19.6 Å². The highest BCUT2D eigenvalue weighted by Crippen LogP contribution is 2.30. The summed E-state index contributed by atoms with van der Waals surface area (Å²) in [5.41, 5.74) is 10.4. The van der Waals surface area contributed by atoms with Crippen LogP contribution in [0.3, 0.4) is 0 Å². The molecule has 27 heavy (non-hydrogen) atoms. The number of benzene rings is 1. The zero-order valence-electron chi connectivity index (χ0n) is 14.3. The first-order valence-electron chi connectivity index (χ1n) is 8.46. The van der Waals surface area contributed by atoms with E-state index in [0.29, 0.717) is 11.6 Å². The van der Waals surface area contributed by atoms with Gasteiger partial charge in [-0.3, -0.25) is 4.57 Å². The zero-order valence-corrected chi connectivity index (χ0v) is 14.3. The average Bonchev–Trinajstić information content (AvgIpc) is 3.36. The second kappa shape index (κ2) is 6.06. The van der Waals surface area contributed by atoms with E-state index in [2.05, 4.69) is 15.1 Å². The Balaban J connectivity index is 1.72. The molecule has 0 aliphatic heterocycles. The molecule has 5 rings (SSSR count). The molecule has 4 aromatic heterocycles. The average molecular weight is 353 g/mol. The molecule has 2 N–H and O–H groups in total. The van der Waals surface area contributed by atoms with Crippen molar-refractivity contribution in [2.75, 3.05) is 5.73 Å². The second-order valence-electron chi connectivity index (χ2n) is 6.02. The Morgan fingerprint density at radius 3 is 2.33 bits per heavy atom. The number of rotatable bonds is 3. The number of imidazole rings is 1. The van der Waals surface area contributed by atoms with Gasteiger partial charge in [0.05, 0.1) is 11.3 Å². The van der Waals surface area contributed by atoms with Crippen LogP contribution in [0.25, 0.3) is 33.9 Å². The normalized spacial score (nSPS) is 11.1. The van der Waals surface area contributed by atoms with Gasteiger partial charge >= 0.3 is 0 Å². The van der Waals surface area contributed by atoms with E-state index in [0.717, 1.165) is 28.1 Å². The van der Waals surface area contributed by atoms with Crippen LogP contribution in [-0.2, 0) is 0 Å². The van der Waals surface area contributed by atoms with Crippen molar-refractivity contribution in [3.63, 3.8) is 0 Å². The van der Waals surface area contributed by atoms with Crippen molar-refractivity contribution in [3.8, 4) is 22.8 Å². The Bertz CT molecular complexity index is 1220. The number of fused-ring (bicyclic) bond motifs is 1. The minimum atomic E-state index is 0.433. The van der Waals surface area contributed by atoms with Gasteiger partial charge in [-0.15, -0.1) is 0 Å². The predicted octanol–water partition coefficient (Wildman–Crippen LogP) is 3.25. The number of nitrogens with zero attached hydrogens (tertiary/aromatic N) is 6. The Labute approximate surface area is 154 Å². The van der Waals surface area contributed by atoms with E-state index in [1.165, 1.54) is 0 Å². The van der Waals surface area contributed by atoms with Crippen LogP contribution in [0, 0.1) is 0 Å². The molecule has 1 aromatic carbocycles. The predicted molar refractivity (Wildman–Crippen MR) is 104 cm³/mol. The number of hydrogen-bond acceptors (Lipinski definition) is 5. The lowest BCUT2D eigenvalue weighted by molar-refractivity contribution is 0.879. The lowest BCUT2D eigenvalue weighted by Crippen LogP contribution is -2.02. The van der Waals surface area contributed by atoms with Crippen LogP contribution in [0.15, 0.2) is 79.4 Å². The molecule has 5 aromatic rings. The van der Waals surface area contributed by atoms with Crippen molar-refractivity contribution >= 4 is 17.0 Å². The third-order valence-corrected chi connectivity index (χ3v) is 4.37. The summed E-state index contributed by atoms with van der Waals surface area (Å²) in [6.45, 7) is 0. The minimum Gasteiger partial charge on any atom is -0.383 e. The maximum Gasteiger partial charge on any atom is 0.164 e. The summed E-state index contributed by atoms with van der Waals surface area (Å²) in [7, 11) is 0. The number of nitrogens with two attached hydrogens (primary N) is 1. The van der Waals surface area contributed by atoms with E-state index in [9.17, 15) is 0 Å². The number of pyridine rings is 2. The zero-order chi connectivity index (χ0) is 18.2. The van der Waals surface area contributed by atoms with Crippen LogP contribution in [-0.4, -0.2) is 29.3 Å². The van der Waals surface area contributed by atoms with E-state index in [1.54, 1.807) is 18.6 Å². The van der Waals surface area contributed by atoms with E-state index in [4.69, 9.17) is 10.7 Å². The second-order valence-corrected chi connectivity index (χ2v) is 6.02. The van der Waals surface area contributed by atoms with E-state index in [-0.39, 0.29) is 0 Å². The van der Waals surface area contributed by atoms with E-state index in [1.807, 2.05) is 70.0 Å². The third-order valence-electron chi connectivity index (χ3n) is 4.37. The summed E-state index contributed by atoms with van der Waals surface area (Å²) in [4.78, 5) is 13.5. The SMILES string of the molecule is Nc1ncccc1-c1nc2cccnc2n1-c1ccc(-n2cccn2)cc1. The summed E-state index contributed by atoms with van der Waals surface area (Å²) in [5, 5.41) is 4.27. The highest BCUT2D eigenvalue weighted by Gasteiger charge is 2.17. The maximum atomic E-state index is 6.11. The first-order valence-corrected chi connectivity index (χ1v) is 8.46. The molecule has 0 bridgehead atoms. The van der Waals surface area contributed by atoms with Crippen molar-refractivity contribution in [3.05, 3.63) is 79.4 Å². The van der Waals surface area contributed by atoms with Gasteiger partial charge < -0.3 is 5.73 Å². The fraction of sp³-hybridized carbons (Fsp3) is 0. The third kappa shape index (κ3) is 2.53. The van der Waals surface area contributed by atoms with Gasteiger partial charge in [0, 0.05) is 30.5 Å². The first kappa shape index (κ1) is 15.3. The fourth-order valence-corrected chi connectivity index (χ4v) is 3.12. The molecule has 7 nitrogen and oxygen atoms in total. The highest BCUT2D eigenvalue weighted by molar-refractivity contribution is 5.82. The molecular formula is C20H15N7. The number of anilines is 1. The molecule has 0 saturated carbocycles. The molecule has 0 spiro atoms. The molecular weight excluding hydrogens is 338 g/mol. The lowest BCUT2D eigenvalue weighted by Gasteiger charge is -2.11. The number of nitrogen functional groups attached to an aromatic ring is 1. The van der Waals surface area contributed by atoms with Crippen LogP contribution < -0.4 is 5.73 Å². The van der Waals surface area contributed by atoms with Gasteiger partial charge in [-0.05, 0) is 54.6 Å². The summed E-state index contributed by atoms with van der Waals surface area (Å²) in [6.07, 6.45) is 7.09. The van der Waals surface area contributed by atoms with Crippen molar-refractivity contribution in [1.82, 2.24) is 29.3 Å². The standard InChI is InChI=1S/C20H15N7/c21-18-16(4-1-10-22-18)19-25-17-5-2-11-23-20(17)27(19)15-8-6-14(7-9-15)26-13-3-12-24-26/h1-13H,(H2,21,22). The lowest BCUT2D eigenvalue weighted by atomic mass is 10.2. The molecule has 0 fully saturated rings. The Morgan fingerprint density at radius 1 is 0.778 bits per heavy atom. The van der Waals surface area contributed by atoms with Crippen molar-refractivity contribution in [2.45, 2.75) is 0 Å². The summed E-state index contributed by atoms with van der Waals surface area (Å²) < 4.78 is 3.81. The first-order chi connectivity index (χ1) is 13.3. The van der Waals surface area contributed by atoms with Gasteiger partial charge in [-0.1, -0.05) is 0 Å². The summed E-state index contributed by atoms with van der Waals surface area (Å²) in [5.74, 6) is 1.14. The molecule has 0 aliphatic carbocycles. The minimum absolute atomic E-state index is 0.433. The topological polar surface area (TPSA) is 87.4 Å². The van der Waals surface area contributed by atoms with Crippen LogP contribution in [0.2, 0.25) is 0 Å². The smallest absolute Gasteiger partial charge is 0.164 e. The van der Waals surface area contributed by atoms with Crippen molar-refractivity contribution < 1.29 is 0 Å². The van der Waals surface area contributed by atoms with Gasteiger partial charge in [0.25, 0.3) is 0 Å². The van der Waals surface area contributed by atoms with Gasteiger partial charge in [0.15, 0.2) is 11.5 Å². The molecule has 0 unspecified atom stereocenters. The highest BCUT2D eigenvalue weighted by atomic mass is 15.3. The quantitative estimate of drug-likeness (QED) is 0.538. The van der Waals surface area contributed by atoms with Crippen molar-refractivity contribution in [2.24, 2.45) is 0 Å². The van der Waals surface area contributed by atoms with Gasteiger partial charge in [0.1, 0.15) is 11.3 Å². The molecule has 0 radical (unpaired) electrons. The van der Waals surface area contributed by atoms with Crippen LogP contribution in [0.1, 0.15) is 0 Å². The maximum absolute atomic E-state index is 6.11.